The van der Waals surface area contributed by atoms with Gasteiger partial charge in [-0.2, -0.15) is 5.10 Å². The molecular formula is C11H13N3. The summed E-state index contributed by atoms with van der Waals surface area (Å²) in [6.45, 7) is 2.08. The summed E-state index contributed by atoms with van der Waals surface area (Å²) in [7, 11) is 1.91. The van der Waals surface area contributed by atoms with Crippen LogP contribution in [0.15, 0.2) is 36.5 Å². The van der Waals surface area contributed by atoms with Gasteiger partial charge in [-0.1, -0.05) is 17.7 Å². The molecule has 3 heteroatoms. The molecule has 1 aromatic carbocycles. The first-order chi connectivity index (χ1) is 6.75. The second-order valence-corrected chi connectivity index (χ2v) is 3.33. The molecule has 0 fully saturated rings. The topological polar surface area (TPSA) is 29.9 Å². The summed E-state index contributed by atoms with van der Waals surface area (Å²) in [6, 6.07) is 10.2. The van der Waals surface area contributed by atoms with Crippen LogP contribution in [-0.4, -0.2) is 9.78 Å². The molecule has 2 rings (SSSR count). The van der Waals surface area contributed by atoms with Crippen molar-refractivity contribution >= 4 is 11.5 Å². The van der Waals surface area contributed by atoms with Gasteiger partial charge in [0.2, 0.25) is 0 Å². The fourth-order valence-electron chi connectivity index (χ4n) is 1.28. The van der Waals surface area contributed by atoms with Crippen molar-refractivity contribution in [3.63, 3.8) is 0 Å². The molecular weight excluding hydrogens is 174 g/mol. The van der Waals surface area contributed by atoms with E-state index in [9.17, 15) is 0 Å². The highest BCUT2D eigenvalue weighted by Crippen LogP contribution is 2.15. The Morgan fingerprint density at radius 3 is 2.43 bits per heavy atom. The van der Waals surface area contributed by atoms with Crippen molar-refractivity contribution in [1.82, 2.24) is 9.78 Å². The van der Waals surface area contributed by atoms with Crippen molar-refractivity contribution in [2.45, 2.75) is 6.92 Å². The Balaban J connectivity index is 2.19. The fraction of sp³-hybridized carbons (Fsp3) is 0.182. The maximum atomic E-state index is 4.08. The third-order valence-electron chi connectivity index (χ3n) is 2.14. The molecule has 0 unspecified atom stereocenters. The Labute approximate surface area is 83.4 Å². The number of hydrogen-bond acceptors (Lipinski definition) is 2. The average Bonchev–Trinajstić information content (AvgIpc) is 2.56. The molecule has 0 radical (unpaired) electrons. The summed E-state index contributed by atoms with van der Waals surface area (Å²) in [6.07, 6.45) is 1.77. The second kappa shape index (κ2) is 3.54. The van der Waals surface area contributed by atoms with Crippen LogP contribution in [0, 0.1) is 6.92 Å². The molecule has 14 heavy (non-hydrogen) atoms. The zero-order valence-corrected chi connectivity index (χ0v) is 8.36. The number of benzene rings is 1. The Hall–Kier alpha value is -1.77. The molecule has 0 aliphatic heterocycles. The molecule has 1 heterocycles. The lowest BCUT2D eigenvalue weighted by Gasteiger charge is -2.06. The summed E-state index contributed by atoms with van der Waals surface area (Å²) in [5, 5.41) is 7.36. The summed E-state index contributed by atoms with van der Waals surface area (Å²) in [5.74, 6) is 0.994. The normalized spacial score (nSPS) is 10.1. The van der Waals surface area contributed by atoms with E-state index in [0.29, 0.717) is 0 Å². The number of hydrogen-bond donors (Lipinski definition) is 1. The minimum absolute atomic E-state index is 0.994. The van der Waals surface area contributed by atoms with Crippen LogP contribution in [0.5, 0.6) is 0 Å². The highest BCUT2D eigenvalue weighted by molar-refractivity contribution is 5.56. The highest BCUT2D eigenvalue weighted by Gasteiger charge is 1.97. The van der Waals surface area contributed by atoms with Gasteiger partial charge in [0.15, 0.2) is 0 Å². The minimum Gasteiger partial charge on any atom is -0.340 e. The van der Waals surface area contributed by atoms with E-state index in [0.717, 1.165) is 11.5 Å². The lowest BCUT2D eigenvalue weighted by Crippen LogP contribution is -1.98. The molecule has 0 spiro atoms. The lowest BCUT2D eigenvalue weighted by atomic mass is 10.2. The maximum Gasteiger partial charge on any atom is 0.128 e. The molecule has 1 N–H and O–H groups in total. The number of aromatic nitrogens is 2. The zero-order valence-electron chi connectivity index (χ0n) is 8.36. The second-order valence-electron chi connectivity index (χ2n) is 3.33. The van der Waals surface area contributed by atoms with Crippen molar-refractivity contribution in [3.8, 4) is 0 Å². The molecule has 0 saturated heterocycles. The molecule has 0 aliphatic carbocycles. The average molecular weight is 187 g/mol. The molecule has 2 aromatic rings. The van der Waals surface area contributed by atoms with Crippen LogP contribution < -0.4 is 5.32 Å². The van der Waals surface area contributed by atoms with Crippen LogP contribution >= 0.6 is 0 Å². The van der Waals surface area contributed by atoms with E-state index in [-0.39, 0.29) is 0 Å². The summed E-state index contributed by atoms with van der Waals surface area (Å²) in [5.41, 5.74) is 2.35. The van der Waals surface area contributed by atoms with Crippen molar-refractivity contribution in [2.75, 3.05) is 5.32 Å². The molecule has 0 atom stereocenters. The quantitative estimate of drug-likeness (QED) is 0.782. The van der Waals surface area contributed by atoms with Crippen LogP contribution in [0.1, 0.15) is 5.56 Å². The summed E-state index contributed by atoms with van der Waals surface area (Å²) in [4.78, 5) is 0. The van der Waals surface area contributed by atoms with E-state index < -0.39 is 0 Å². The molecule has 72 valence electrons. The molecule has 0 amide bonds. The first-order valence-electron chi connectivity index (χ1n) is 4.57. The Bertz CT molecular complexity index is 414. The third kappa shape index (κ3) is 1.76. The van der Waals surface area contributed by atoms with Crippen LogP contribution in [-0.2, 0) is 7.05 Å². The highest BCUT2D eigenvalue weighted by atomic mass is 15.3. The van der Waals surface area contributed by atoms with Crippen molar-refractivity contribution in [3.05, 3.63) is 42.1 Å². The minimum atomic E-state index is 0.994. The van der Waals surface area contributed by atoms with E-state index in [4.69, 9.17) is 0 Å². The Kier molecular flexibility index (Phi) is 2.23. The van der Waals surface area contributed by atoms with Crippen LogP contribution in [0.2, 0.25) is 0 Å². The largest absolute Gasteiger partial charge is 0.340 e. The monoisotopic (exact) mass is 187 g/mol. The van der Waals surface area contributed by atoms with Gasteiger partial charge in [0.1, 0.15) is 5.82 Å². The van der Waals surface area contributed by atoms with Crippen LogP contribution in [0.3, 0.4) is 0 Å². The van der Waals surface area contributed by atoms with Gasteiger partial charge in [0.05, 0.1) is 6.20 Å². The van der Waals surface area contributed by atoms with Gasteiger partial charge in [-0.05, 0) is 19.1 Å². The molecule has 3 nitrogen and oxygen atoms in total. The van der Waals surface area contributed by atoms with Crippen molar-refractivity contribution < 1.29 is 0 Å². The van der Waals surface area contributed by atoms with Crippen LogP contribution in [0.25, 0.3) is 0 Å². The van der Waals surface area contributed by atoms with Crippen molar-refractivity contribution in [1.29, 1.82) is 0 Å². The number of nitrogens with one attached hydrogen (secondary N) is 1. The third-order valence-corrected chi connectivity index (χ3v) is 2.14. The first kappa shape index (κ1) is 8.81. The fourth-order valence-corrected chi connectivity index (χ4v) is 1.28. The SMILES string of the molecule is Cc1ccc(Nc2ccnn2C)cc1. The number of rotatable bonds is 2. The van der Waals surface area contributed by atoms with Gasteiger partial charge in [-0.3, -0.25) is 4.68 Å². The predicted molar refractivity (Wildman–Crippen MR) is 57.7 cm³/mol. The standard InChI is InChI=1S/C11H13N3/c1-9-3-5-10(6-4-9)13-11-7-8-12-14(11)2/h3-8,13H,1-2H3. The van der Waals surface area contributed by atoms with E-state index >= 15 is 0 Å². The molecule has 0 aliphatic rings. The summed E-state index contributed by atoms with van der Waals surface area (Å²) >= 11 is 0. The molecule has 0 saturated carbocycles. The Morgan fingerprint density at radius 1 is 1.14 bits per heavy atom. The zero-order chi connectivity index (χ0) is 9.97. The Morgan fingerprint density at radius 2 is 1.86 bits per heavy atom. The molecule has 0 bridgehead atoms. The van der Waals surface area contributed by atoms with E-state index in [1.54, 1.807) is 10.9 Å². The van der Waals surface area contributed by atoms with Gasteiger partial charge in [0, 0.05) is 18.8 Å². The van der Waals surface area contributed by atoms with E-state index in [2.05, 4.69) is 41.6 Å². The predicted octanol–water partition coefficient (Wildman–Crippen LogP) is 2.47. The smallest absolute Gasteiger partial charge is 0.128 e. The summed E-state index contributed by atoms with van der Waals surface area (Å²) < 4.78 is 1.81. The first-order valence-corrected chi connectivity index (χ1v) is 4.57. The number of aryl methyl sites for hydroxylation is 2. The van der Waals surface area contributed by atoms with Gasteiger partial charge < -0.3 is 5.32 Å². The van der Waals surface area contributed by atoms with Crippen molar-refractivity contribution in [2.24, 2.45) is 7.05 Å². The van der Waals surface area contributed by atoms with Gasteiger partial charge in [-0.15, -0.1) is 0 Å². The van der Waals surface area contributed by atoms with E-state index in [1.165, 1.54) is 5.56 Å². The van der Waals surface area contributed by atoms with Crippen LogP contribution in [0.4, 0.5) is 11.5 Å². The van der Waals surface area contributed by atoms with Gasteiger partial charge >= 0.3 is 0 Å². The lowest BCUT2D eigenvalue weighted by molar-refractivity contribution is 0.776. The van der Waals surface area contributed by atoms with E-state index in [1.807, 2.05) is 13.1 Å². The maximum absolute atomic E-state index is 4.08. The number of anilines is 2. The van der Waals surface area contributed by atoms with Gasteiger partial charge in [-0.25, -0.2) is 0 Å². The number of nitrogens with zero attached hydrogens (tertiary/aromatic N) is 2. The van der Waals surface area contributed by atoms with Gasteiger partial charge in [0.25, 0.3) is 0 Å². The molecule has 1 aromatic heterocycles.